The highest BCUT2D eigenvalue weighted by atomic mass is 79.9. The summed E-state index contributed by atoms with van der Waals surface area (Å²) in [6.07, 6.45) is 0.745. The van der Waals surface area contributed by atoms with Crippen molar-refractivity contribution in [2.24, 2.45) is 0 Å². The molecule has 0 bridgehead atoms. The van der Waals surface area contributed by atoms with Crippen LogP contribution in [0.4, 0.5) is 0 Å². The first-order valence-corrected chi connectivity index (χ1v) is 7.27. The lowest BCUT2D eigenvalue weighted by molar-refractivity contribution is 0.0931. The molecule has 1 unspecified atom stereocenters. The Kier molecular flexibility index (Phi) is 7.00. The van der Waals surface area contributed by atoms with Crippen molar-refractivity contribution in [2.75, 3.05) is 19.0 Å². The van der Waals surface area contributed by atoms with Gasteiger partial charge in [0.15, 0.2) is 0 Å². The molecule has 0 aromatic heterocycles. The van der Waals surface area contributed by atoms with Crippen molar-refractivity contribution in [3.05, 3.63) is 33.8 Å². The summed E-state index contributed by atoms with van der Waals surface area (Å²) >= 11 is 15.0. The molecule has 18 heavy (non-hydrogen) atoms. The number of carbonyl (C=O) groups excluding carboxylic acids is 1. The van der Waals surface area contributed by atoms with Crippen molar-refractivity contribution in [1.29, 1.82) is 0 Å². The zero-order valence-electron chi connectivity index (χ0n) is 9.88. The van der Waals surface area contributed by atoms with E-state index in [9.17, 15) is 4.79 Å². The molecule has 0 spiro atoms. The molecule has 0 radical (unpaired) electrons. The third-order valence-electron chi connectivity index (χ3n) is 2.37. The molecule has 0 heterocycles. The summed E-state index contributed by atoms with van der Waals surface area (Å²) in [4.78, 5) is 12.0. The average molecular weight is 355 g/mol. The maximum atomic E-state index is 12.0. The lowest BCUT2D eigenvalue weighted by Crippen LogP contribution is -2.36. The van der Waals surface area contributed by atoms with Gasteiger partial charge in [-0.1, -0.05) is 39.1 Å². The largest absolute Gasteiger partial charge is 0.385 e. The van der Waals surface area contributed by atoms with Crippen molar-refractivity contribution >= 4 is 45.0 Å². The normalized spacial score (nSPS) is 12.2. The minimum Gasteiger partial charge on any atom is -0.385 e. The van der Waals surface area contributed by atoms with Crippen LogP contribution in [0.1, 0.15) is 16.8 Å². The van der Waals surface area contributed by atoms with Gasteiger partial charge in [-0.3, -0.25) is 4.79 Å². The molecule has 0 saturated carbocycles. The number of ether oxygens (including phenoxy) is 1. The molecule has 6 heteroatoms. The highest BCUT2D eigenvalue weighted by Gasteiger charge is 2.13. The molecular formula is C12H14BrCl2NO2. The van der Waals surface area contributed by atoms with Crippen molar-refractivity contribution < 1.29 is 9.53 Å². The van der Waals surface area contributed by atoms with Crippen LogP contribution in [0.3, 0.4) is 0 Å². The Morgan fingerprint density at radius 2 is 2.17 bits per heavy atom. The van der Waals surface area contributed by atoms with E-state index in [1.54, 1.807) is 25.3 Å². The Labute approximate surface area is 125 Å². The van der Waals surface area contributed by atoms with Crippen molar-refractivity contribution in [2.45, 2.75) is 12.5 Å². The monoisotopic (exact) mass is 353 g/mol. The quantitative estimate of drug-likeness (QED) is 0.793. The van der Waals surface area contributed by atoms with Crippen molar-refractivity contribution in [1.82, 2.24) is 5.32 Å². The first-order chi connectivity index (χ1) is 8.58. The number of hydrogen-bond acceptors (Lipinski definition) is 2. The van der Waals surface area contributed by atoms with E-state index in [0.29, 0.717) is 27.5 Å². The smallest absolute Gasteiger partial charge is 0.251 e. The van der Waals surface area contributed by atoms with Gasteiger partial charge in [-0.25, -0.2) is 0 Å². The Balaban J connectivity index is 2.65. The SMILES string of the molecule is COCCC(CBr)NC(=O)c1ccc(Cl)c(Cl)c1. The lowest BCUT2D eigenvalue weighted by atomic mass is 10.2. The second kappa shape index (κ2) is 8.00. The topological polar surface area (TPSA) is 38.3 Å². The molecule has 1 N–H and O–H groups in total. The van der Waals surface area contributed by atoms with E-state index in [4.69, 9.17) is 27.9 Å². The van der Waals surface area contributed by atoms with Crippen LogP contribution in [0.2, 0.25) is 10.0 Å². The molecule has 0 aliphatic carbocycles. The maximum Gasteiger partial charge on any atom is 0.251 e. The van der Waals surface area contributed by atoms with Crippen LogP contribution in [-0.4, -0.2) is 31.0 Å². The molecule has 1 rings (SSSR count). The first kappa shape index (κ1) is 15.8. The number of alkyl halides is 1. The van der Waals surface area contributed by atoms with Gasteiger partial charge in [-0.2, -0.15) is 0 Å². The predicted octanol–water partition coefficient (Wildman–Crippen LogP) is 3.52. The van der Waals surface area contributed by atoms with Gasteiger partial charge < -0.3 is 10.1 Å². The van der Waals surface area contributed by atoms with Crippen molar-refractivity contribution in [3.63, 3.8) is 0 Å². The van der Waals surface area contributed by atoms with Crippen LogP contribution in [0.25, 0.3) is 0 Å². The maximum absolute atomic E-state index is 12.0. The molecule has 0 saturated heterocycles. The fourth-order valence-corrected chi connectivity index (χ4v) is 2.14. The number of methoxy groups -OCH3 is 1. The van der Waals surface area contributed by atoms with E-state index in [0.717, 1.165) is 6.42 Å². The zero-order valence-corrected chi connectivity index (χ0v) is 13.0. The van der Waals surface area contributed by atoms with E-state index in [-0.39, 0.29) is 11.9 Å². The van der Waals surface area contributed by atoms with Crippen LogP contribution < -0.4 is 5.32 Å². The van der Waals surface area contributed by atoms with E-state index < -0.39 is 0 Å². The van der Waals surface area contributed by atoms with Crippen LogP contribution in [0, 0.1) is 0 Å². The summed E-state index contributed by atoms with van der Waals surface area (Å²) in [5.41, 5.74) is 0.493. The fraction of sp³-hybridized carbons (Fsp3) is 0.417. The minimum atomic E-state index is -0.172. The summed E-state index contributed by atoms with van der Waals surface area (Å²) in [5, 5.41) is 4.37. The van der Waals surface area contributed by atoms with E-state index in [2.05, 4.69) is 21.2 Å². The Morgan fingerprint density at radius 3 is 2.72 bits per heavy atom. The Hall–Kier alpha value is -0.290. The second-order valence-electron chi connectivity index (χ2n) is 3.74. The number of rotatable bonds is 6. The molecule has 100 valence electrons. The third-order valence-corrected chi connectivity index (χ3v) is 3.89. The van der Waals surface area contributed by atoms with Gasteiger partial charge in [0, 0.05) is 30.7 Å². The van der Waals surface area contributed by atoms with Gasteiger partial charge in [0.25, 0.3) is 5.91 Å². The van der Waals surface area contributed by atoms with Gasteiger partial charge >= 0.3 is 0 Å². The van der Waals surface area contributed by atoms with E-state index in [1.807, 2.05) is 0 Å². The number of amides is 1. The number of halogens is 3. The molecule has 0 fully saturated rings. The van der Waals surface area contributed by atoms with Crippen LogP contribution in [0.5, 0.6) is 0 Å². The average Bonchev–Trinajstić information content (AvgIpc) is 2.37. The van der Waals surface area contributed by atoms with Gasteiger partial charge in [-0.05, 0) is 24.6 Å². The standard InChI is InChI=1S/C12H14BrCl2NO2/c1-18-5-4-9(7-13)16-12(17)8-2-3-10(14)11(15)6-8/h2-3,6,9H,4-5,7H2,1H3,(H,16,17). The summed E-state index contributed by atoms with van der Waals surface area (Å²) in [5.74, 6) is -0.172. The highest BCUT2D eigenvalue weighted by Crippen LogP contribution is 2.22. The number of benzene rings is 1. The van der Waals surface area contributed by atoms with Crippen LogP contribution in [-0.2, 0) is 4.74 Å². The third kappa shape index (κ3) is 4.76. The summed E-state index contributed by atoms with van der Waals surface area (Å²) < 4.78 is 4.99. The Bertz CT molecular complexity index is 415. The van der Waals surface area contributed by atoms with Crippen LogP contribution >= 0.6 is 39.1 Å². The molecule has 1 atom stereocenters. The summed E-state index contributed by atoms with van der Waals surface area (Å²) in [6.45, 7) is 0.595. The van der Waals surface area contributed by atoms with E-state index in [1.165, 1.54) is 0 Å². The van der Waals surface area contributed by atoms with Crippen molar-refractivity contribution in [3.8, 4) is 0 Å². The lowest BCUT2D eigenvalue weighted by Gasteiger charge is -2.15. The molecular weight excluding hydrogens is 341 g/mol. The molecule has 0 aliphatic heterocycles. The second-order valence-corrected chi connectivity index (χ2v) is 5.20. The Morgan fingerprint density at radius 1 is 1.44 bits per heavy atom. The summed E-state index contributed by atoms with van der Waals surface area (Å²) in [6, 6.07) is 4.83. The molecule has 3 nitrogen and oxygen atoms in total. The molecule has 1 aromatic carbocycles. The first-order valence-electron chi connectivity index (χ1n) is 5.39. The minimum absolute atomic E-state index is 0.0203. The van der Waals surface area contributed by atoms with Gasteiger partial charge in [0.05, 0.1) is 10.0 Å². The molecule has 1 amide bonds. The molecule has 1 aromatic rings. The molecule has 0 aliphatic rings. The van der Waals surface area contributed by atoms with Crippen LogP contribution in [0.15, 0.2) is 18.2 Å². The fourth-order valence-electron chi connectivity index (χ4n) is 1.35. The highest BCUT2D eigenvalue weighted by molar-refractivity contribution is 9.09. The number of hydrogen-bond donors (Lipinski definition) is 1. The summed E-state index contributed by atoms with van der Waals surface area (Å²) in [7, 11) is 1.63. The van der Waals surface area contributed by atoms with Gasteiger partial charge in [0.1, 0.15) is 0 Å². The predicted molar refractivity (Wildman–Crippen MR) is 78.0 cm³/mol. The zero-order chi connectivity index (χ0) is 13.5. The number of carbonyl (C=O) groups is 1. The van der Waals surface area contributed by atoms with E-state index >= 15 is 0 Å². The van der Waals surface area contributed by atoms with Gasteiger partial charge in [0.2, 0.25) is 0 Å². The number of nitrogens with one attached hydrogen (secondary N) is 1. The van der Waals surface area contributed by atoms with Gasteiger partial charge in [-0.15, -0.1) is 0 Å².